The maximum Gasteiger partial charge on any atom is 0.522 e. The zero-order valence-electron chi connectivity index (χ0n) is 11.4. The molecule has 1 aromatic rings. The van der Waals surface area contributed by atoms with Gasteiger partial charge in [-0.1, -0.05) is 12.1 Å². The third-order valence-corrected chi connectivity index (χ3v) is 2.32. The lowest BCUT2D eigenvalue weighted by molar-refractivity contribution is -0.325. The highest BCUT2D eigenvalue weighted by atomic mass is 19.4. The molecule has 1 rings (SSSR count). The predicted molar refractivity (Wildman–Crippen MR) is 67.9 cm³/mol. The molecule has 0 fully saturated rings. The predicted octanol–water partition coefficient (Wildman–Crippen LogP) is 2.72. The summed E-state index contributed by atoms with van der Waals surface area (Å²) in [6, 6.07) is 5.33. The summed E-state index contributed by atoms with van der Waals surface area (Å²) in [6.45, 7) is 2.01. The van der Waals surface area contributed by atoms with Crippen molar-refractivity contribution in [2.24, 2.45) is 0 Å². The van der Waals surface area contributed by atoms with Crippen LogP contribution in [0.15, 0.2) is 18.2 Å². The Hall–Kier alpha value is -1.47. The molecule has 0 aromatic heterocycles. The molecule has 0 aliphatic heterocycles. The number of nitrogens with one attached hydrogen (secondary N) is 1. The molecular formula is C13H18F3NO3. The fourth-order valence-electron chi connectivity index (χ4n) is 1.63. The van der Waals surface area contributed by atoms with E-state index in [4.69, 9.17) is 9.47 Å². The van der Waals surface area contributed by atoms with Crippen LogP contribution in [0, 0.1) is 0 Å². The van der Waals surface area contributed by atoms with Crippen molar-refractivity contribution in [3.63, 3.8) is 0 Å². The number of hydrogen-bond acceptors (Lipinski definition) is 4. The van der Waals surface area contributed by atoms with Crippen molar-refractivity contribution >= 4 is 0 Å². The largest absolute Gasteiger partial charge is 0.522 e. The summed E-state index contributed by atoms with van der Waals surface area (Å²) in [6.07, 6.45) is -4.64. The van der Waals surface area contributed by atoms with Crippen molar-refractivity contribution < 1.29 is 27.4 Å². The Morgan fingerprint density at radius 2 is 1.90 bits per heavy atom. The van der Waals surface area contributed by atoms with E-state index in [1.54, 1.807) is 19.2 Å². The van der Waals surface area contributed by atoms with Crippen molar-refractivity contribution in [3.8, 4) is 11.5 Å². The van der Waals surface area contributed by atoms with Gasteiger partial charge in [-0.15, -0.1) is 13.2 Å². The second kappa shape index (κ2) is 7.96. The highest BCUT2D eigenvalue weighted by Gasteiger charge is 2.28. The normalized spacial score (nSPS) is 11.4. The zero-order valence-corrected chi connectivity index (χ0v) is 11.4. The minimum Gasteiger partial charge on any atom is -0.490 e. The summed E-state index contributed by atoms with van der Waals surface area (Å²) in [4.78, 5) is 0. The molecule has 0 aliphatic carbocycles. The van der Waals surface area contributed by atoms with Crippen LogP contribution in [0.3, 0.4) is 0 Å². The van der Waals surface area contributed by atoms with Crippen molar-refractivity contribution in [1.29, 1.82) is 0 Å². The molecule has 0 unspecified atom stereocenters. The van der Waals surface area contributed by atoms with Gasteiger partial charge in [0.15, 0.2) is 11.5 Å². The number of halogens is 3. The van der Waals surface area contributed by atoms with Crippen LogP contribution in [0.25, 0.3) is 0 Å². The number of benzene rings is 1. The molecule has 0 radical (unpaired) electrons. The molecule has 0 spiro atoms. The van der Waals surface area contributed by atoms with Gasteiger partial charge in [0.25, 0.3) is 0 Å². The van der Waals surface area contributed by atoms with Crippen molar-refractivity contribution in [2.45, 2.75) is 19.8 Å². The van der Waals surface area contributed by atoms with Gasteiger partial charge in [-0.05, 0) is 20.0 Å². The molecule has 0 bridgehead atoms. The van der Waals surface area contributed by atoms with E-state index in [0.717, 1.165) is 5.56 Å². The fourth-order valence-corrected chi connectivity index (χ4v) is 1.63. The molecule has 0 atom stereocenters. The molecule has 0 saturated heterocycles. The lowest BCUT2D eigenvalue weighted by atomic mass is 10.2. The molecule has 114 valence electrons. The van der Waals surface area contributed by atoms with Crippen molar-refractivity contribution in [2.75, 3.05) is 26.9 Å². The fraction of sp³-hybridized carbons (Fsp3) is 0.538. The zero-order chi connectivity index (χ0) is 15.0. The minimum atomic E-state index is -4.64. The van der Waals surface area contributed by atoms with Crippen molar-refractivity contribution in [1.82, 2.24) is 5.32 Å². The summed E-state index contributed by atoms with van der Waals surface area (Å²) in [5.74, 6) is 0.946. The molecule has 7 heteroatoms. The number of ether oxygens (including phenoxy) is 3. The van der Waals surface area contributed by atoms with Gasteiger partial charge in [-0.2, -0.15) is 0 Å². The third-order valence-electron chi connectivity index (χ3n) is 2.32. The summed E-state index contributed by atoms with van der Waals surface area (Å²) in [5, 5.41) is 2.96. The smallest absolute Gasteiger partial charge is 0.490 e. The first kappa shape index (κ1) is 16.6. The summed E-state index contributed by atoms with van der Waals surface area (Å²) < 4.78 is 50.1. The van der Waals surface area contributed by atoms with E-state index in [0.29, 0.717) is 24.7 Å². The van der Waals surface area contributed by atoms with Gasteiger partial charge in [0.05, 0.1) is 13.2 Å². The molecule has 1 aromatic carbocycles. The Kier molecular flexibility index (Phi) is 6.60. The first-order chi connectivity index (χ1) is 9.48. The maximum atomic E-state index is 11.9. The van der Waals surface area contributed by atoms with Crippen LogP contribution in [0.1, 0.15) is 12.5 Å². The SMILES string of the molecule is CCOc1cccc(CNC)c1OCCOC(F)(F)F. The van der Waals surface area contributed by atoms with E-state index in [1.807, 2.05) is 13.0 Å². The molecule has 20 heavy (non-hydrogen) atoms. The first-order valence-electron chi connectivity index (χ1n) is 6.20. The van der Waals surface area contributed by atoms with Gasteiger partial charge in [-0.3, -0.25) is 4.74 Å². The van der Waals surface area contributed by atoms with Gasteiger partial charge < -0.3 is 14.8 Å². The average molecular weight is 293 g/mol. The Morgan fingerprint density at radius 1 is 1.15 bits per heavy atom. The van der Waals surface area contributed by atoms with E-state index in [-0.39, 0.29) is 6.61 Å². The lowest BCUT2D eigenvalue weighted by Gasteiger charge is -2.16. The van der Waals surface area contributed by atoms with Gasteiger partial charge in [0, 0.05) is 12.1 Å². The number of para-hydroxylation sites is 1. The second-order valence-electron chi connectivity index (χ2n) is 3.85. The van der Waals surface area contributed by atoms with Crippen LogP contribution in [-0.2, 0) is 11.3 Å². The molecule has 0 amide bonds. The van der Waals surface area contributed by atoms with E-state index in [9.17, 15) is 13.2 Å². The van der Waals surface area contributed by atoms with Crippen molar-refractivity contribution in [3.05, 3.63) is 23.8 Å². The topological polar surface area (TPSA) is 39.7 Å². The summed E-state index contributed by atoms with van der Waals surface area (Å²) in [7, 11) is 1.77. The first-order valence-corrected chi connectivity index (χ1v) is 6.20. The summed E-state index contributed by atoms with van der Waals surface area (Å²) in [5.41, 5.74) is 0.811. The number of alkyl halides is 3. The third kappa shape index (κ3) is 5.66. The standard InChI is InChI=1S/C13H18F3NO3/c1-3-18-11-6-4-5-10(9-17-2)12(11)19-7-8-20-13(14,15)16/h4-6,17H,3,7-9H2,1-2H3. The number of rotatable bonds is 8. The van der Waals surface area contributed by atoms with E-state index < -0.39 is 13.0 Å². The molecule has 0 heterocycles. The molecular weight excluding hydrogens is 275 g/mol. The van der Waals surface area contributed by atoms with Crippen LogP contribution in [0.4, 0.5) is 13.2 Å². The van der Waals surface area contributed by atoms with Gasteiger partial charge in [0.2, 0.25) is 0 Å². The molecule has 4 nitrogen and oxygen atoms in total. The Bertz CT molecular complexity index is 386. The van der Waals surface area contributed by atoms with E-state index in [1.165, 1.54) is 0 Å². The highest BCUT2D eigenvalue weighted by molar-refractivity contribution is 5.46. The minimum absolute atomic E-state index is 0.208. The van der Waals surface area contributed by atoms with Crippen LogP contribution in [0.5, 0.6) is 11.5 Å². The van der Waals surface area contributed by atoms with E-state index >= 15 is 0 Å². The van der Waals surface area contributed by atoms with Crippen LogP contribution >= 0.6 is 0 Å². The number of hydrogen-bond donors (Lipinski definition) is 1. The van der Waals surface area contributed by atoms with Gasteiger partial charge in [-0.25, -0.2) is 0 Å². The summed E-state index contributed by atoms with van der Waals surface area (Å²) >= 11 is 0. The van der Waals surface area contributed by atoms with Gasteiger partial charge in [0.1, 0.15) is 6.61 Å². The van der Waals surface area contributed by atoms with E-state index in [2.05, 4.69) is 10.1 Å². The molecule has 0 aliphatic rings. The second-order valence-corrected chi connectivity index (χ2v) is 3.85. The maximum absolute atomic E-state index is 11.9. The molecule has 1 N–H and O–H groups in total. The monoisotopic (exact) mass is 293 g/mol. The van der Waals surface area contributed by atoms with Crippen LogP contribution in [0.2, 0.25) is 0 Å². The molecule has 0 saturated carbocycles. The quantitative estimate of drug-likeness (QED) is 0.748. The Balaban J connectivity index is 2.69. The highest BCUT2D eigenvalue weighted by Crippen LogP contribution is 2.31. The Labute approximate surface area is 115 Å². The lowest BCUT2D eigenvalue weighted by Crippen LogP contribution is -2.19. The Morgan fingerprint density at radius 3 is 2.50 bits per heavy atom. The van der Waals surface area contributed by atoms with Crippen LogP contribution in [-0.4, -0.2) is 33.2 Å². The van der Waals surface area contributed by atoms with Gasteiger partial charge >= 0.3 is 6.36 Å². The average Bonchev–Trinajstić information content (AvgIpc) is 2.36. The van der Waals surface area contributed by atoms with Crippen LogP contribution < -0.4 is 14.8 Å².